The number of H-pyrrole nitrogens is 1. The molecule has 0 unspecified atom stereocenters. The molecule has 0 saturated carbocycles. The molecule has 0 fully saturated rings. The van der Waals surface area contributed by atoms with Crippen LogP contribution in [0.15, 0.2) is 48.7 Å². The molecule has 0 aliphatic rings. The number of fused-ring (bicyclic) bond motifs is 1. The van der Waals surface area contributed by atoms with Gasteiger partial charge in [0.2, 0.25) is 0 Å². The lowest BCUT2D eigenvalue weighted by Crippen LogP contribution is -2.12. The van der Waals surface area contributed by atoms with Gasteiger partial charge >= 0.3 is 0 Å². The molecule has 0 saturated heterocycles. The summed E-state index contributed by atoms with van der Waals surface area (Å²) in [5.41, 5.74) is 1.37. The highest BCUT2D eigenvalue weighted by atomic mass is 35.5. The number of halogens is 2. The Balaban J connectivity index is 1.95. The minimum atomic E-state index is -0.525. The second-order valence-corrected chi connectivity index (χ2v) is 4.76. The Bertz CT molecular complexity index is 797. The predicted molar refractivity (Wildman–Crippen MR) is 77.7 cm³/mol. The first-order chi connectivity index (χ1) is 9.65. The molecule has 3 nitrogen and oxygen atoms in total. The number of amides is 1. The average molecular weight is 289 g/mol. The minimum Gasteiger partial charge on any atom is -0.360 e. The fourth-order valence-corrected chi connectivity index (χ4v) is 2.21. The number of nitrogens with one attached hydrogen (secondary N) is 2. The predicted octanol–water partition coefficient (Wildman–Crippen LogP) is 4.21. The van der Waals surface area contributed by atoms with E-state index in [0.717, 1.165) is 10.9 Å². The van der Waals surface area contributed by atoms with Gasteiger partial charge < -0.3 is 10.3 Å². The monoisotopic (exact) mass is 288 g/mol. The molecule has 0 bridgehead atoms. The van der Waals surface area contributed by atoms with Crippen LogP contribution < -0.4 is 5.32 Å². The van der Waals surface area contributed by atoms with E-state index < -0.39 is 5.82 Å². The molecule has 5 heteroatoms. The second kappa shape index (κ2) is 4.98. The fourth-order valence-electron chi connectivity index (χ4n) is 2.04. The SMILES string of the molecule is O=C(Nc1cc(Cl)ccc1F)c1c[nH]c2ccccc12. The molecule has 0 aliphatic heterocycles. The molecule has 1 heterocycles. The third-order valence-electron chi connectivity index (χ3n) is 3.01. The van der Waals surface area contributed by atoms with E-state index in [1.165, 1.54) is 18.2 Å². The highest BCUT2D eigenvalue weighted by Gasteiger charge is 2.13. The Labute approximate surface area is 119 Å². The second-order valence-electron chi connectivity index (χ2n) is 4.33. The van der Waals surface area contributed by atoms with E-state index in [9.17, 15) is 9.18 Å². The highest BCUT2D eigenvalue weighted by molar-refractivity contribution is 6.31. The molecule has 3 rings (SSSR count). The van der Waals surface area contributed by atoms with Crippen LogP contribution in [0.5, 0.6) is 0 Å². The van der Waals surface area contributed by atoms with Gasteiger partial charge in [-0.25, -0.2) is 4.39 Å². The summed E-state index contributed by atoms with van der Waals surface area (Å²) >= 11 is 5.80. The van der Waals surface area contributed by atoms with E-state index in [1.54, 1.807) is 6.20 Å². The van der Waals surface area contributed by atoms with Crippen LogP contribution in [0.1, 0.15) is 10.4 Å². The smallest absolute Gasteiger partial charge is 0.257 e. The largest absolute Gasteiger partial charge is 0.360 e. The number of para-hydroxylation sites is 1. The van der Waals surface area contributed by atoms with Gasteiger partial charge in [-0.3, -0.25) is 4.79 Å². The molecule has 0 atom stereocenters. The van der Waals surface area contributed by atoms with Gasteiger partial charge in [-0.15, -0.1) is 0 Å². The number of aromatic amines is 1. The van der Waals surface area contributed by atoms with Crippen LogP contribution in [0.25, 0.3) is 10.9 Å². The molecule has 0 spiro atoms. The zero-order chi connectivity index (χ0) is 14.1. The number of aromatic nitrogens is 1. The summed E-state index contributed by atoms with van der Waals surface area (Å²) in [6.45, 7) is 0. The Morgan fingerprint density at radius 1 is 1.20 bits per heavy atom. The fraction of sp³-hybridized carbons (Fsp3) is 0. The average Bonchev–Trinajstić information content (AvgIpc) is 2.87. The maximum atomic E-state index is 13.6. The van der Waals surface area contributed by atoms with Crippen molar-refractivity contribution in [3.8, 4) is 0 Å². The zero-order valence-corrected chi connectivity index (χ0v) is 11.0. The first kappa shape index (κ1) is 12.7. The van der Waals surface area contributed by atoms with E-state index in [1.807, 2.05) is 24.3 Å². The molecule has 0 aliphatic carbocycles. The summed E-state index contributed by atoms with van der Waals surface area (Å²) < 4.78 is 13.6. The summed E-state index contributed by atoms with van der Waals surface area (Å²) in [5, 5.41) is 3.67. The van der Waals surface area contributed by atoms with Crippen molar-refractivity contribution in [1.29, 1.82) is 0 Å². The molecule has 2 N–H and O–H groups in total. The van der Waals surface area contributed by atoms with Crippen molar-refractivity contribution in [2.75, 3.05) is 5.32 Å². The van der Waals surface area contributed by atoms with Crippen LogP contribution in [0.4, 0.5) is 10.1 Å². The summed E-state index contributed by atoms with van der Waals surface area (Å²) in [6, 6.07) is 11.4. The van der Waals surface area contributed by atoms with Crippen molar-refractivity contribution in [3.05, 3.63) is 65.1 Å². The summed E-state index contributed by atoms with van der Waals surface area (Å²) in [5.74, 6) is -0.911. The number of anilines is 1. The minimum absolute atomic E-state index is 0.0628. The van der Waals surface area contributed by atoms with Gasteiger partial charge in [-0.2, -0.15) is 0 Å². The maximum absolute atomic E-state index is 13.6. The summed E-state index contributed by atoms with van der Waals surface area (Å²) in [6.07, 6.45) is 1.60. The van der Waals surface area contributed by atoms with Crippen LogP contribution in [0.2, 0.25) is 5.02 Å². The first-order valence-electron chi connectivity index (χ1n) is 5.97. The van der Waals surface area contributed by atoms with E-state index in [4.69, 9.17) is 11.6 Å². The third kappa shape index (κ3) is 2.26. The van der Waals surface area contributed by atoms with E-state index >= 15 is 0 Å². The van der Waals surface area contributed by atoms with Gasteiger partial charge in [0, 0.05) is 22.1 Å². The third-order valence-corrected chi connectivity index (χ3v) is 3.25. The van der Waals surface area contributed by atoms with Crippen LogP contribution in [0, 0.1) is 5.82 Å². The summed E-state index contributed by atoms with van der Waals surface area (Å²) in [7, 11) is 0. The van der Waals surface area contributed by atoms with Crippen molar-refractivity contribution < 1.29 is 9.18 Å². The Kier molecular flexibility index (Phi) is 3.16. The van der Waals surface area contributed by atoms with Gasteiger partial charge in [0.15, 0.2) is 0 Å². The van der Waals surface area contributed by atoms with E-state index in [-0.39, 0.29) is 11.6 Å². The van der Waals surface area contributed by atoms with Crippen molar-refractivity contribution in [3.63, 3.8) is 0 Å². The van der Waals surface area contributed by atoms with Gasteiger partial charge in [0.25, 0.3) is 5.91 Å². The van der Waals surface area contributed by atoms with Gasteiger partial charge in [-0.05, 0) is 24.3 Å². The highest BCUT2D eigenvalue weighted by Crippen LogP contribution is 2.22. The van der Waals surface area contributed by atoms with Crippen LogP contribution in [-0.2, 0) is 0 Å². The molecule has 20 heavy (non-hydrogen) atoms. The van der Waals surface area contributed by atoms with Crippen molar-refractivity contribution in [2.24, 2.45) is 0 Å². The molecule has 3 aromatic rings. The normalized spacial score (nSPS) is 10.7. The van der Waals surface area contributed by atoms with Crippen LogP contribution >= 0.6 is 11.6 Å². The molecule has 100 valence electrons. The van der Waals surface area contributed by atoms with E-state index in [2.05, 4.69) is 10.3 Å². The van der Waals surface area contributed by atoms with Crippen molar-refractivity contribution >= 4 is 34.1 Å². The Morgan fingerprint density at radius 3 is 2.85 bits per heavy atom. The lowest BCUT2D eigenvalue weighted by Gasteiger charge is -2.06. The van der Waals surface area contributed by atoms with Gasteiger partial charge in [-0.1, -0.05) is 29.8 Å². The molecule has 2 aromatic carbocycles. The topological polar surface area (TPSA) is 44.9 Å². The standard InChI is InChI=1S/C15H10ClFN2O/c16-9-5-6-12(17)14(7-9)19-15(20)11-8-18-13-4-2-1-3-10(11)13/h1-8,18H,(H,19,20). The maximum Gasteiger partial charge on any atom is 0.257 e. The number of carbonyl (C=O) groups excluding carboxylic acids is 1. The van der Waals surface area contributed by atoms with Crippen LogP contribution in [-0.4, -0.2) is 10.9 Å². The van der Waals surface area contributed by atoms with Gasteiger partial charge in [0.05, 0.1) is 11.3 Å². The number of rotatable bonds is 2. The summed E-state index contributed by atoms with van der Waals surface area (Å²) in [4.78, 5) is 15.2. The lowest BCUT2D eigenvalue weighted by atomic mass is 10.1. The number of benzene rings is 2. The lowest BCUT2D eigenvalue weighted by molar-refractivity contribution is 0.102. The zero-order valence-electron chi connectivity index (χ0n) is 10.3. The van der Waals surface area contributed by atoms with E-state index in [0.29, 0.717) is 10.6 Å². The number of hydrogen-bond acceptors (Lipinski definition) is 1. The molecular weight excluding hydrogens is 279 g/mol. The quantitative estimate of drug-likeness (QED) is 0.729. The van der Waals surface area contributed by atoms with Crippen molar-refractivity contribution in [2.45, 2.75) is 0 Å². The molecule has 1 aromatic heterocycles. The first-order valence-corrected chi connectivity index (χ1v) is 6.35. The molecule has 1 amide bonds. The van der Waals surface area contributed by atoms with Crippen LogP contribution in [0.3, 0.4) is 0 Å². The number of carbonyl (C=O) groups is 1. The number of hydrogen-bond donors (Lipinski definition) is 2. The molecule has 0 radical (unpaired) electrons. The van der Waals surface area contributed by atoms with Crippen molar-refractivity contribution in [1.82, 2.24) is 4.98 Å². The molecular formula is C15H10ClFN2O. The van der Waals surface area contributed by atoms with Gasteiger partial charge in [0.1, 0.15) is 5.82 Å². The Morgan fingerprint density at radius 2 is 2.00 bits per heavy atom. The Hall–Kier alpha value is -2.33.